The third-order valence-electron chi connectivity index (χ3n) is 3.11. The summed E-state index contributed by atoms with van der Waals surface area (Å²) in [5, 5.41) is 8.69. The van der Waals surface area contributed by atoms with E-state index in [0.717, 1.165) is 12.8 Å². The van der Waals surface area contributed by atoms with Crippen molar-refractivity contribution in [3.05, 3.63) is 22.7 Å². The van der Waals surface area contributed by atoms with Crippen LogP contribution >= 0.6 is 15.9 Å². The van der Waals surface area contributed by atoms with E-state index < -0.39 is 10.0 Å². The molecule has 0 atom stereocenters. The second-order valence-corrected chi connectivity index (χ2v) is 7.32. The maximum absolute atomic E-state index is 12.8. The summed E-state index contributed by atoms with van der Waals surface area (Å²) in [6.07, 6.45) is 1.88. The maximum atomic E-state index is 12.8. The van der Waals surface area contributed by atoms with E-state index in [1.165, 1.54) is 17.5 Å². The number of nitriles is 1. The lowest BCUT2D eigenvalue weighted by Gasteiger charge is -2.22. The van der Waals surface area contributed by atoms with Crippen LogP contribution in [0.3, 0.4) is 0 Å². The molecule has 20 heavy (non-hydrogen) atoms. The Morgan fingerprint density at radius 1 is 1.50 bits per heavy atom. The van der Waals surface area contributed by atoms with Gasteiger partial charge in [0.15, 0.2) is 0 Å². The van der Waals surface area contributed by atoms with Gasteiger partial charge >= 0.3 is 0 Å². The lowest BCUT2D eigenvalue weighted by Crippen LogP contribution is -2.34. The minimum atomic E-state index is -3.65. The van der Waals surface area contributed by atoms with Crippen molar-refractivity contribution < 1.29 is 13.2 Å². The Labute approximate surface area is 127 Å². The monoisotopic (exact) mass is 358 g/mol. The minimum Gasteiger partial charge on any atom is -0.495 e. The number of rotatable bonds is 6. The zero-order valence-electron chi connectivity index (χ0n) is 11.0. The number of hydrogen-bond acceptors (Lipinski definition) is 4. The van der Waals surface area contributed by atoms with Crippen LogP contribution in [0, 0.1) is 11.3 Å². The molecule has 1 aromatic carbocycles. The second-order valence-electron chi connectivity index (χ2n) is 4.55. The van der Waals surface area contributed by atoms with Gasteiger partial charge in [-0.2, -0.15) is 9.57 Å². The minimum absolute atomic E-state index is 0.0111. The van der Waals surface area contributed by atoms with Crippen LogP contribution in [-0.4, -0.2) is 32.4 Å². The summed E-state index contributed by atoms with van der Waals surface area (Å²) in [7, 11) is -2.20. The molecule has 0 N–H and O–H groups in total. The predicted molar refractivity (Wildman–Crippen MR) is 77.8 cm³/mol. The fraction of sp³-hybridized carbons (Fsp3) is 0.462. The van der Waals surface area contributed by atoms with Gasteiger partial charge in [0.25, 0.3) is 0 Å². The summed E-state index contributed by atoms with van der Waals surface area (Å²) < 4.78 is 32.8. The zero-order valence-corrected chi connectivity index (χ0v) is 13.4. The molecule has 0 radical (unpaired) electrons. The average molecular weight is 359 g/mol. The first kappa shape index (κ1) is 15.3. The molecular formula is C13H15BrN2O3S. The molecule has 1 aliphatic carbocycles. The molecule has 0 bridgehead atoms. The van der Waals surface area contributed by atoms with E-state index in [4.69, 9.17) is 10.00 Å². The third-order valence-corrected chi connectivity index (χ3v) is 5.58. The lowest BCUT2D eigenvalue weighted by atomic mass is 10.3. The van der Waals surface area contributed by atoms with E-state index in [-0.39, 0.29) is 23.9 Å². The SMILES string of the molecule is COc1ccc(Br)cc1S(=O)(=O)N(CCC#N)C1CC1. The first-order chi connectivity index (χ1) is 9.50. The van der Waals surface area contributed by atoms with E-state index in [1.54, 1.807) is 12.1 Å². The van der Waals surface area contributed by atoms with Crippen molar-refractivity contribution in [2.45, 2.75) is 30.2 Å². The predicted octanol–water partition coefficient (Wildman–Crippen LogP) is 2.52. The van der Waals surface area contributed by atoms with Crippen LogP contribution in [-0.2, 0) is 10.0 Å². The number of hydrogen-bond donors (Lipinski definition) is 0. The Morgan fingerprint density at radius 3 is 2.75 bits per heavy atom. The number of benzene rings is 1. The standard InChI is InChI=1S/C13H15BrN2O3S/c1-19-12-6-3-10(14)9-13(12)20(17,18)16(8-2-7-15)11-4-5-11/h3,6,9,11H,2,4-5,8H2,1H3. The van der Waals surface area contributed by atoms with Crippen molar-refractivity contribution in [3.63, 3.8) is 0 Å². The van der Waals surface area contributed by atoms with Crippen LogP contribution in [0.15, 0.2) is 27.6 Å². The summed E-state index contributed by atoms with van der Waals surface area (Å²) in [6.45, 7) is 0.221. The molecule has 0 unspecified atom stereocenters. The molecule has 0 aliphatic heterocycles. The highest BCUT2D eigenvalue weighted by Gasteiger charge is 2.39. The fourth-order valence-electron chi connectivity index (χ4n) is 2.00. The molecule has 108 valence electrons. The number of methoxy groups -OCH3 is 1. The van der Waals surface area contributed by atoms with Gasteiger partial charge in [0, 0.05) is 23.5 Å². The van der Waals surface area contributed by atoms with E-state index in [2.05, 4.69) is 15.9 Å². The Hall–Kier alpha value is -1.10. The summed E-state index contributed by atoms with van der Waals surface area (Å²) in [5.41, 5.74) is 0. The molecule has 0 amide bonds. The van der Waals surface area contributed by atoms with Crippen LogP contribution < -0.4 is 4.74 Å². The molecule has 7 heteroatoms. The summed E-state index contributed by atoms with van der Waals surface area (Å²) in [6, 6.07) is 6.89. The first-order valence-electron chi connectivity index (χ1n) is 6.23. The molecule has 1 aliphatic rings. The highest BCUT2D eigenvalue weighted by Crippen LogP contribution is 2.36. The Balaban J connectivity index is 2.42. The van der Waals surface area contributed by atoms with Gasteiger partial charge in [-0.3, -0.25) is 0 Å². The van der Waals surface area contributed by atoms with Crippen molar-refractivity contribution in [2.75, 3.05) is 13.7 Å². The molecule has 1 aromatic rings. The van der Waals surface area contributed by atoms with Gasteiger partial charge < -0.3 is 4.74 Å². The third kappa shape index (κ3) is 3.14. The molecular weight excluding hydrogens is 344 g/mol. The fourth-order valence-corrected chi connectivity index (χ4v) is 4.38. The molecule has 0 saturated heterocycles. The maximum Gasteiger partial charge on any atom is 0.247 e. The largest absolute Gasteiger partial charge is 0.495 e. The Kier molecular flexibility index (Phi) is 4.68. The first-order valence-corrected chi connectivity index (χ1v) is 8.46. The van der Waals surface area contributed by atoms with Gasteiger partial charge in [-0.1, -0.05) is 15.9 Å². The van der Waals surface area contributed by atoms with Crippen LogP contribution in [0.1, 0.15) is 19.3 Å². The summed E-state index contributed by atoms with van der Waals surface area (Å²) in [5.74, 6) is 0.316. The molecule has 5 nitrogen and oxygen atoms in total. The highest BCUT2D eigenvalue weighted by molar-refractivity contribution is 9.10. The Morgan fingerprint density at radius 2 is 2.20 bits per heavy atom. The van der Waals surface area contributed by atoms with Gasteiger partial charge in [0.1, 0.15) is 10.6 Å². The number of halogens is 1. The quantitative estimate of drug-likeness (QED) is 0.783. The molecule has 2 rings (SSSR count). The summed E-state index contributed by atoms with van der Waals surface area (Å²) in [4.78, 5) is 0.138. The van der Waals surface area contributed by atoms with Gasteiger partial charge in [-0.05, 0) is 31.0 Å². The summed E-state index contributed by atoms with van der Waals surface area (Å²) >= 11 is 3.28. The zero-order chi connectivity index (χ0) is 14.8. The van der Waals surface area contributed by atoms with Gasteiger partial charge in [-0.15, -0.1) is 0 Å². The van der Waals surface area contributed by atoms with E-state index in [0.29, 0.717) is 10.2 Å². The lowest BCUT2D eigenvalue weighted by molar-refractivity contribution is 0.387. The smallest absolute Gasteiger partial charge is 0.247 e. The van der Waals surface area contributed by atoms with Crippen LogP contribution in [0.4, 0.5) is 0 Å². The van der Waals surface area contributed by atoms with Crippen molar-refractivity contribution in [3.8, 4) is 11.8 Å². The van der Waals surface area contributed by atoms with Crippen molar-refractivity contribution in [2.24, 2.45) is 0 Å². The number of ether oxygens (including phenoxy) is 1. The van der Waals surface area contributed by atoms with Crippen molar-refractivity contribution in [1.82, 2.24) is 4.31 Å². The molecule has 0 heterocycles. The van der Waals surface area contributed by atoms with Crippen LogP contribution in [0.5, 0.6) is 5.75 Å². The second kappa shape index (κ2) is 6.12. The number of sulfonamides is 1. The normalized spacial score (nSPS) is 15.1. The van der Waals surface area contributed by atoms with Gasteiger partial charge in [0.2, 0.25) is 10.0 Å². The molecule has 1 saturated carbocycles. The molecule has 0 aromatic heterocycles. The van der Waals surface area contributed by atoms with Gasteiger partial charge in [-0.25, -0.2) is 8.42 Å². The Bertz CT molecular complexity index is 636. The van der Waals surface area contributed by atoms with Crippen molar-refractivity contribution >= 4 is 26.0 Å². The van der Waals surface area contributed by atoms with Crippen LogP contribution in [0.2, 0.25) is 0 Å². The van der Waals surface area contributed by atoms with Gasteiger partial charge in [0.05, 0.1) is 13.2 Å². The molecule has 0 spiro atoms. The molecule has 1 fully saturated rings. The van der Waals surface area contributed by atoms with Crippen LogP contribution in [0.25, 0.3) is 0 Å². The highest BCUT2D eigenvalue weighted by atomic mass is 79.9. The topological polar surface area (TPSA) is 70.4 Å². The van der Waals surface area contributed by atoms with E-state index in [9.17, 15) is 8.42 Å². The van der Waals surface area contributed by atoms with Crippen molar-refractivity contribution in [1.29, 1.82) is 5.26 Å². The average Bonchev–Trinajstić information content (AvgIpc) is 3.23. The van der Waals surface area contributed by atoms with E-state index in [1.807, 2.05) is 6.07 Å². The number of nitrogens with zero attached hydrogens (tertiary/aromatic N) is 2. The van der Waals surface area contributed by atoms with E-state index >= 15 is 0 Å².